The summed E-state index contributed by atoms with van der Waals surface area (Å²) in [6.45, 7) is 0.497. The molecule has 0 amide bonds. The number of nitrogens with two attached hydrogens (primary N) is 1. The van der Waals surface area contributed by atoms with Gasteiger partial charge in [-0.05, 0) is 11.5 Å². The van der Waals surface area contributed by atoms with Crippen LogP contribution in [-0.2, 0) is 4.74 Å². The summed E-state index contributed by atoms with van der Waals surface area (Å²) < 4.78 is 14.0. The van der Waals surface area contributed by atoms with Gasteiger partial charge in [-0.1, -0.05) is 0 Å². The second-order valence-corrected chi connectivity index (χ2v) is 3.40. The van der Waals surface area contributed by atoms with E-state index in [1.165, 1.54) is 11.5 Å². The fourth-order valence-corrected chi connectivity index (χ4v) is 1.78. The molecule has 1 aliphatic heterocycles. The van der Waals surface area contributed by atoms with Gasteiger partial charge in [-0.2, -0.15) is 4.37 Å². The van der Waals surface area contributed by atoms with E-state index >= 15 is 0 Å². The number of methoxy groups -OCH3 is 1. The highest BCUT2D eigenvalue weighted by Crippen LogP contribution is 2.28. The fourth-order valence-electron chi connectivity index (χ4n) is 1.06. The molecule has 1 unspecified atom stereocenters. The molecule has 0 aromatic carbocycles. The number of rotatable bonds is 2. The molecule has 0 saturated heterocycles. The average Bonchev–Trinajstić information content (AvgIpc) is 2.71. The third-order valence-electron chi connectivity index (χ3n) is 1.72. The van der Waals surface area contributed by atoms with Gasteiger partial charge in [-0.25, -0.2) is 4.99 Å². The van der Waals surface area contributed by atoms with Gasteiger partial charge in [-0.15, -0.1) is 0 Å². The molecule has 2 N–H and O–H groups in total. The molecule has 70 valence electrons. The molecule has 0 aliphatic carbocycles. The Morgan fingerprint density at radius 2 is 2.62 bits per heavy atom. The van der Waals surface area contributed by atoms with Crippen LogP contribution >= 0.6 is 11.5 Å². The zero-order valence-electron chi connectivity index (χ0n) is 7.06. The van der Waals surface area contributed by atoms with Crippen LogP contribution in [0, 0.1) is 0 Å². The molecular formula is C7H9N3O2S. The van der Waals surface area contributed by atoms with Gasteiger partial charge >= 0.3 is 0 Å². The molecule has 0 bridgehead atoms. The van der Waals surface area contributed by atoms with E-state index in [0.29, 0.717) is 12.5 Å². The molecule has 1 aromatic rings. The van der Waals surface area contributed by atoms with E-state index < -0.39 is 0 Å². The Morgan fingerprint density at radius 1 is 1.77 bits per heavy atom. The van der Waals surface area contributed by atoms with Crippen LogP contribution in [0.2, 0.25) is 0 Å². The highest BCUT2D eigenvalue weighted by atomic mass is 32.1. The minimum absolute atomic E-state index is 0.0126. The van der Waals surface area contributed by atoms with Crippen molar-refractivity contribution in [2.45, 2.75) is 6.04 Å². The predicted molar refractivity (Wildman–Crippen MR) is 49.0 cm³/mol. The van der Waals surface area contributed by atoms with Gasteiger partial charge in [0.15, 0.2) is 0 Å². The molecule has 0 radical (unpaired) electrons. The van der Waals surface area contributed by atoms with Crippen LogP contribution in [0.5, 0.6) is 5.88 Å². The Morgan fingerprint density at radius 3 is 3.15 bits per heavy atom. The highest BCUT2D eigenvalue weighted by molar-refractivity contribution is 7.06. The summed E-state index contributed by atoms with van der Waals surface area (Å²) in [6.07, 6.45) is 0. The van der Waals surface area contributed by atoms with Gasteiger partial charge in [0.05, 0.1) is 12.0 Å². The molecule has 1 aliphatic rings. The molecule has 1 aromatic heterocycles. The highest BCUT2D eigenvalue weighted by Gasteiger charge is 2.21. The molecule has 5 nitrogen and oxygen atoms in total. The zero-order valence-corrected chi connectivity index (χ0v) is 7.87. The van der Waals surface area contributed by atoms with Crippen LogP contribution in [0.1, 0.15) is 10.9 Å². The lowest BCUT2D eigenvalue weighted by Crippen LogP contribution is -2.10. The maximum Gasteiger partial charge on any atom is 0.282 e. The minimum Gasteiger partial charge on any atom is -0.480 e. The predicted octanol–water partition coefficient (Wildman–Crippen LogP) is 0.538. The van der Waals surface area contributed by atoms with Crippen LogP contribution in [0.3, 0.4) is 0 Å². The smallest absolute Gasteiger partial charge is 0.282 e. The molecule has 13 heavy (non-hydrogen) atoms. The van der Waals surface area contributed by atoms with Gasteiger partial charge in [0.25, 0.3) is 6.02 Å². The third kappa shape index (κ3) is 1.57. The number of amidine groups is 1. The van der Waals surface area contributed by atoms with Gasteiger partial charge in [0.1, 0.15) is 12.6 Å². The van der Waals surface area contributed by atoms with Crippen molar-refractivity contribution in [2.24, 2.45) is 10.7 Å². The van der Waals surface area contributed by atoms with Crippen molar-refractivity contribution >= 4 is 17.6 Å². The Balaban J connectivity index is 2.17. The summed E-state index contributed by atoms with van der Waals surface area (Å²) in [5.74, 6) is 0.612. The SMILES string of the molecule is COc1cc(C2COC(N)=N2)sn1. The largest absolute Gasteiger partial charge is 0.480 e. The van der Waals surface area contributed by atoms with E-state index in [9.17, 15) is 0 Å². The maximum absolute atomic E-state index is 5.38. The van der Waals surface area contributed by atoms with Crippen LogP contribution in [0.25, 0.3) is 0 Å². The van der Waals surface area contributed by atoms with Crippen LogP contribution in [-0.4, -0.2) is 24.1 Å². The minimum atomic E-state index is -0.0126. The van der Waals surface area contributed by atoms with Gasteiger partial charge in [0, 0.05) is 6.07 Å². The lowest BCUT2D eigenvalue weighted by molar-refractivity contribution is 0.316. The van der Waals surface area contributed by atoms with Crippen LogP contribution in [0.4, 0.5) is 0 Å². The van der Waals surface area contributed by atoms with Crippen molar-refractivity contribution in [3.8, 4) is 5.88 Å². The number of ether oxygens (including phenoxy) is 2. The Hall–Kier alpha value is -1.30. The first-order valence-electron chi connectivity index (χ1n) is 3.76. The van der Waals surface area contributed by atoms with Crippen LogP contribution < -0.4 is 10.5 Å². The number of aromatic nitrogens is 1. The molecule has 0 fully saturated rings. The molecule has 1 atom stereocenters. The topological polar surface area (TPSA) is 69.7 Å². The zero-order chi connectivity index (χ0) is 9.26. The first kappa shape index (κ1) is 8.31. The summed E-state index contributed by atoms with van der Waals surface area (Å²) in [5.41, 5.74) is 5.38. The summed E-state index contributed by atoms with van der Waals surface area (Å²) in [6, 6.07) is 2.08. The number of nitrogens with zero attached hydrogens (tertiary/aromatic N) is 2. The molecule has 0 saturated carbocycles. The lowest BCUT2D eigenvalue weighted by Gasteiger charge is -1.97. The Bertz CT molecular complexity index is 336. The Labute approximate surface area is 79.3 Å². The lowest BCUT2D eigenvalue weighted by atomic mass is 10.3. The Kier molecular flexibility index (Phi) is 2.05. The van der Waals surface area contributed by atoms with Gasteiger partial charge in [0.2, 0.25) is 5.88 Å². The summed E-state index contributed by atoms with van der Waals surface area (Å²) in [7, 11) is 1.58. The average molecular weight is 199 g/mol. The number of aliphatic imine (C=N–C) groups is 1. The number of hydrogen-bond acceptors (Lipinski definition) is 6. The molecular weight excluding hydrogens is 190 g/mol. The van der Waals surface area contributed by atoms with Crippen molar-refractivity contribution in [2.75, 3.05) is 13.7 Å². The first-order valence-corrected chi connectivity index (χ1v) is 4.53. The summed E-state index contributed by atoms with van der Waals surface area (Å²) >= 11 is 1.36. The number of hydrogen-bond donors (Lipinski definition) is 1. The van der Waals surface area contributed by atoms with E-state index in [-0.39, 0.29) is 12.1 Å². The van der Waals surface area contributed by atoms with E-state index in [1.807, 2.05) is 6.07 Å². The monoisotopic (exact) mass is 199 g/mol. The third-order valence-corrected chi connectivity index (χ3v) is 2.59. The normalized spacial score (nSPS) is 21.0. The quantitative estimate of drug-likeness (QED) is 0.754. The first-order chi connectivity index (χ1) is 6.29. The van der Waals surface area contributed by atoms with E-state index in [4.69, 9.17) is 15.2 Å². The second-order valence-electron chi connectivity index (χ2n) is 2.57. The van der Waals surface area contributed by atoms with E-state index in [0.717, 1.165) is 4.88 Å². The fraction of sp³-hybridized carbons (Fsp3) is 0.429. The van der Waals surface area contributed by atoms with Crippen molar-refractivity contribution in [1.82, 2.24) is 4.37 Å². The van der Waals surface area contributed by atoms with Crippen molar-refractivity contribution in [3.05, 3.63) is 10.9 Å². The van der Waals surface area contributed by atoms with Crippen molar-refractivity contribution < 1.29 is 9.47 Å². The summed E-state index contributed by atoms with van der Waals surface area (Å²) in [5, 5.41) is 0. The van der Waals surface area contributed by atoms with Gasteiger partial charge in [-0.3, -0.25) is 0 Å². The molecule has 0 spiro atoms. The van der Waals surface area contributed by atoms with Crippen molar-refractivity contribution in [3.63, 3.8) is 0 Å². The van der Waals surface area contributed by atoms with E-state index in [1.54, 1.807) is 7.11 Å². The van der Waals surface area contributed by atoms with Gasteiger partial charge < -0.3 is 15.2 Å². The standard InChI is InChI=1S/C7H9N3O2S/c1-11-6-2-5(13-10-6)4-3-12-7(8)9-4/h2,4H,3H2,1H3,(H2,8,9). The second kappa shape index (κ2) is 3.21. The molecule has 6 heteroatoms. The summed E-state index contributed by atoms with van der Waals surface area (Å²) in [4.78, 5) is 5.10. The molecule has 2 heterocycles. The van der Waals surface area contributed by atoms with Crippen molar-refractivity contribution in [1.29, 1.82) is 0 Å². The van der Waals surface area contributed by atoms with E-state index in [2.05, 4.69) is 9.37 Å². The molecule has 2 rings (SSSR count). The van der Waals surface area contributed by atoms with Crippen LogP contribution in [0.15, 0.2) is 11.1 Å². The maximum atomic E-state index is 5.38.